The molecule has 1 unspecified atom stereocenters. The first-order valence-electron chi connectivity index (χ1n) is 7.30. The molecule has 1 atom stereocenters. The molecular formula is C16H26ClN3O. The van der Waals surface area contributed by atoms with Crippen LogP contribution >= 0.6 is 11.6 Å². The Morgan fingerprint density at radius 3 is 2.57 bits per heavy atom. The predicted molar refractivity (Wildman–Crippen MR) is 91.0 cm³/mol. The highest BCUT2D eigenvalue weighted by Crippen LogP contribution is 2.28. The topological polar surface area (TPSA) is 58.4 Å². The zero-order chi connectivity index (χ0) is 16.0. The number of amides is 1. The van der Waals surface area contributed by atoms with Crippen molar-refractivity contribution in [2.45, 2.75) is 26.7 Å². The monoisotopic (exact) mass is 311 g/mol. The minimum Gasteiger partial charge on any atom is -0.376 e. The van der Waals surface area contributed by atoms with Crippen molar-refractivity contribution in [2.24, 2.45) is 17.6 Å². The van der Waals surface area contributed by atoms with Gasteiger partial charge in [0.1, 0.15) is 0 Å². The van der Waals surface area contributed by atoms with E-state index in [1.54, 1.807) is 6.07 Å². The fourth-order valence-corrected chi connectivity index (χ4v) is 2.56. The molecule has 1 aromatic rings. The molecule has 3 N–H and O–H groups in total. The molecule has 0 heterocycles. The Hall–Kier alpha value is -1.26. The van der Waals surface area contributed by atoms with Gasteiger partial charge in [-0.05, 0) is 43.0 Å². The number of carbonyl (C=O) groups excluding carboxylic acids is 1. The van der Waals surface area contributed by atoms with Crippen molar-refractivity contribution in [3.05, 3.63) is 23.2 Å². The number of benzene rings is 1. The number of halogens is 1. The van der Waals surface area contributed by atoms with E-state index in [1.807, 2.05) is 31.1 Å². The molecule has 1 amide bonds. The van der Waals surface area contributed by atoms with Crippen LogP contribution in [0.1, 0.15) is 26.7 Å². The van der Waals surface area contributed by atoms with E-state index in [0.717, 1.165) is 17.8 Å². The first-order valence-corrected chi connectivity index (χ1v) is 7.68. The van der Waals surface area contributed by atoms with E-state index in [2.05, 4.69) is 19.2 Å². The molecule has 0 bridgehead atoms. The van der Waals surface area contributed by atoms with Crippen molar-refractivity contribution in [2.75, 3.05) is 30.9 Å². The van der Waals surface area contributed by atoms with Crippen LogP contribution in [0, 0.1) is 11.8 Å². The molecule has 0 spiro atoms. The smallest absolute Gasteiger partial charge is 0.224 e. The van der Waals surface area contributed by atoms with Gasteiger partial charge in [0, 0.05) is 25.5 Å². The molecule has 0 saturated heterocycles. The van der Waals surface area contributed by atoms with Crippen LogP contribution in [0.2, 0.25) is 5.02 Å². The molecule has 1 aromatic carbocycles. The maximum Gasteiger partial charge on any atom is 0.224 e. The standard InChI is InChI=1S/C16H26ClN3O/c1-11(2)7-12(10-18)8-16(21)19-14-9-13(17)5-6-15(14)20(3)4/h5-6,9,11-12H,7-8,10,18H2,1-4H3,(H,19,21). The predicted octanol–water partition coefficient (Wildman–Crippen LogP) is 3.36. The summed E-state index contributed by atoms with van der Waals surface area (Å²) in [4.78, 5) is 14.2. The van der Waals surface area contributed by atoms with E-state index < -0.39 is 0 Å². The van der Waals surface area contributed by atoms with Crippen molar-refractivity contribution in [3.63, 3.8) is 0 Å². The normalized spacial score (nSPS) is 12.3. The summed E-state index contributed by atoms with van der Waals surface area (Å²) in [7, 11) is 3.86. The summed E-state index contributed by atoms with van der Waals surface area (Å²) in [5.41, 5.74) is 7.42. The van der Waals surface area contributed by atoms with Crippen LogP contribution in [-0.2, 0) is 4.79 Å². The number of hydrogen-bond acceptors (Lipinski definition) is 3. The van der Waals surface area contributed by atoms with Gasteiger partial charge in [-0.3, -0.25) is 4.79 Å². The summed E-state index contributed by atoms with van der Waals surface area (Å²) in [5, 5.41) is 3.56. The van der Waals surface area contributed by atoms with Gasteiger partial charge < -0.3 is 16.0 Å². The fraction of sp³-hybridized carbons (Fsp3) is 0.562. The number of carbonyl (C=O) groups is 1. The molecule has 5 heteroatoms. The Bertz CT molecular complexity index is 475. The molecule has 118 valence electrons. The summed E-state index contributed by atoms with van der Waals surface area (Å²) in [5.74, 6) is 0.735. The third kappa shape index (κ3) is 5.94. The number of nitrogens with one attached hydrogen (secondary N) is 1. The highest BCUT2D eigenvalue weighted by atomic mass is 35.5. The first-order chi connectivity index (χ1) is 9.83. The van der Waals surface area contributed by atoms with Crippen molar-refractivity contribution in [1.29, 1.82) is 0 Å². The van der Waals surface area contributed by atoms with Crippen LogP contribution in [0.3, 0.4) is 0 Å². The maximum absolute atomic E-state index is 12.2. The van der Waals surface area contributed by atoms with E-state index in [9.17, 15) is 4.79 Å². The SMILES string of the molecule is CC(C)CC(CN)CC(=O)Nc1cc(Cl)ccc1N(C)C. The Morgan fingerprint density at radius 2 is 2.05 bits per heavy atom. The van der Waals surface area contributed by atoms with Crippen molar-refractivity contribution >= 4 is 28.9 Å². The van der Waals surface area contributed by atoms with E-state index in [1.165, 1.54) is 0 Å². The van der Waals surface area contributed by atoms with E-state index in [0.29, 0.717) is 23.9 Å². The Kier molecular flexibility index (Phi) is 6.99. The quantitative estimate of drug-likeness (QED) is 0.812. The van der Waals surface area contributed by atoms with Crippen LogP contribution in [-0.4, -0.2) is 26.5 Å². The third-order valence-corrected chi connectivity index (χ3v) is 3.56. The van der Waals surface area contributed by atoms with Crippen molar-refractivity contribution < 1.29 is 4.79 Å². The van der Waals surface area contributed by atoms with Gasteiger partial charge in [-0.1, -0.05) is 25.4 Å². The second kappa shape index (κ2) is 8.25. The van der Waals surface area contributed by atoms with E-state index >= 15 is 0 Å². The molecule has 0 aliphatic carbocycles. The van der Waals surface area contributed by atoms with Gasteiger partial charge in [0.25, 0.3) is 0 Å². The van der Waals surface area contributed by atoms with Gasteiger partial charge >= 0.3 is 0 Å². The summed E-state index contributed by atoms with van der Waals surface area (Å²) in [6.45, 7) is 4.81. The highest BCUT2D eigenvalue weighted by molar-refractivity contribution is 6.31. The average molecular weight is 312 g/mol. The van der Waals surface area contributed by atoms with Gasteiger partial charge in [-0.25, -0.2) is 0 Å². The Labute approximate surface area is 132 Å². The highest BCUT2D eigenvalue weighted by Gasteiger charge is 2.16. The minimum absolute atomic E-state index is 0.0172. The zero-order valence-electron chi connectivity index (χ0n) is 13.3. The molecule has 0 saturated carbocycles. The lowest BCUT2D eigenvalue weighted by Gasteiger charge is -2.20. The summed E-state index contributed by atoms with van der Waals surface area (Å²) >= 11 is 6.02. The fourth-order valence-electron chi connectivity index (χ4n) is 2.39. The van der Waals surface area contributed by atoms with E-state index in [4.69, 9.17) is 17.3 Å². The lowest BCUT2D eigenvalue weighted by molar-refractivity contribution is -0.117. The molecule has 0 aromatic heterocycles. The first kappa shape index (κ1) is 17.8. The van der Waals surface area contributed by atoms with Crippen molar-refractivity contribution in [1.82, 2.24) is 0 Å². The zero-order valence-corrected chi connectivity index (χ0v) is 14.1. The van der Waals surface area contributed by atoms with Gasteiger partial charge in [0.05, 0.1) is 11.4 Å². The van der Waals surface area contributed by atoms with Crippen LogP contribution in [0.25, 0.3) is 0 Å². The Balaban J connectivity index is 2.76. The summed E-state index contributed by atoms with van der Waals surface area (Å²) < 4.78 is 0. The number of nitrogens with zero attached hydrogens (tertiary/aromatic N) is 1. The van der Waals surface area contributed by atoms with Gasteiger partial charge in [-0.2, -0.15) is 0 Å². The lowest BCUT2D eigenvalue weighted by Crippen LogP contribution is -2.24. The number of hydrogen-bond donors (Lipinski definition) is 2. The maximum atomic E-state index is 12.2. The number of rotatable bonds is 7. The molecule has 0 fully saturated rings. The van der Waals surface area contributed by atoms with Crippen LogP contribution in [0.4, 0.5) is 11.4 Å². The summed E-state index contributed by atoms with van der Waals surface area (Å²) in [6, 6.07) is 5.48. The Morgan fingerprint density at radius 1 is 1.38 bits per heavy atom. The summed E-state index contributed by atoms with van der Waals surface area (Å²) in [6.07, 6.45) is 1.40. The molecule has 21 heavy (non-hydrogen) atoms. The molecule has 4 nitrogen and oxygen atoms in total. The van der Waals surface area contributed by atoms with Crippen LogP contribution in [0.15, 0.2) is 18.2 Å². The van der Waals surface area contributed by atoms with Gasteiger partial charge in [0.15, 0.2) is 0 Å². The van der Waals surface area contributed by atoms with Crippen LogP contribution in [0.5, 0.6) is 0 Å². The number of nitrogens with two attached hydrogens (primary N) is 1. The molecule has 0 aliphatic heterocycles. The van der Waals surface area contributed by atoms with Crippen LogP contribution < -0.4 is 16.0 Å². The molecule has 0 radical (unpaired) electrons. The minimum atomic E-state index is -0.0172. The number of anilines is 2. The van der Waals surface area contributed by atoms with Gasteiger partial charge in [0.2, 0.25) is 5.91 Å². The molecule has 1 rings (SSSR count). The second-order valence-corrected chi connectivity index (χ2v) is 6.48. The molecule has 0 aliphatic rings. The second-order valence-electron chi connectivity index (χ2n) is 6.04. The third-order valence-electron chi connectivity index (χ3n) is 3.33. The van der Waals surface area contributed by atoms with Crippen molar-refractivity contribution in [3.8, 4) is 0 Å². The van der Waals surface area contributed by atoms with Gasteiger partial charge in [-0.15, -0.1) is 0 Å². The average Bonchev–Trinajstić information content (AvgIpc) is 2.36. The largest absolute Gasteiger partial charge is 0.376 e. The van der Waals surface area contributed by atoms with E-state index in [-0.39, 0.29) is 11.8 Å². The lowest BCUT2D eigenvalue weighted by atomic mass is 9.94. The molecular weight excluding hydrogens is 286 g/mol.